The Kier molecular flexibility index (Phi) is 6.21. The van der Waals surface area contributed by atoms with Gasteiger partial charge in [-0.05, 0) is 18.2 Å². The van der Waals surface area contributed by atoms with Crippen LogP contribution >= 0.6 is 0 Å². The van der Waals surface area contributed by atoms with Gasteiger partial charge in [0.1, 0.15) is 11.8 Å². The maximum Gasteiger partial charge on any atom is 0.328 e. The first-order valence-electron chi connectivity index (χ1n) is 8.98. The molecule has 1 atom stereocenters. The predicted octanol–water partition coefficient (Wildman–Crippen LogP) is 2.67. The third-order valence-corrected chi connectivity index (χ3v) is 4.58. The van der Waals surface area contributed by atoms with Crippen LogP contribution < -0.4 is 10.1 Å². The minimum absolute atomic E-state index is 0.0493. The van der Waals surface area contributed by atoms with Crippen molar-refractivity contribution in [3.8, 4) is 5.75 Å². The molecule has 30 heavy (non-hydrogen) atoms. The number of para-hydroxylation sites is 1. The van der Waals surface area contributed by atoms with E-state index in [0.717, 1.165) is 0 Å². The molecular formula is C21H19N3O6. The molecule has 0 radical (unpaired) electrons. The van der Waals surface area contributed by atoms with Gasteiger partial charge < -0.3 is 14.8 Å². The van der Waals surface area contributed by atoms with Crippen molar-refractivity contribution in [1.29, 1.82) is 0 Å². The summed E-state index contributed by atoms with van der Waals surface area (Å²) in [5, 5.41) is 14.4. The van der Waals surface area contributed by atoms with Crippen LogP contribution in [0.1, 0.15) is 15.9 Å². The molecule has 0 fully saturated rings. The molecule has 9 nitrogen and oxygen atoms in total. The Hall–Kier alpha value is -4.01. The monoisotopic (exact) mass is 409 g/mol. The van der Waals surface area contributed by atoms with Crippen molar-refractivity contribution >= 4 is 28.5 Å². The molecule has 0 spiro atoms. The lowest BCUT2D eigenvalue weighted by Gasteiger charge is -2.18. The molecule has 0 aliphatic carbocycles. The molecular weight excluding hydrogens is 390 g/mol. The van der Waals surface area contributed by atoms with Crippen LogP contribution in [0.15, 0.2) is 54.7 Å². The smallest absolute Gasteiger partial charge is 0.328 e. The van der Waals surface area contributed by atoms with Crippen molar-refractivity contribution < 1.29 is 24.0 Å². The Balaban J connectivity index is 1.92. The lowest BCUT2D eigenvalue weighted by atomic mass is 10.0. The summed E-state index contributed by atoms with van der Waals surface area (Å²) < 4.78 is 10.1. The van der Waals surface area contributed by atoms with Gasteiger partial charge in [-0.1, -0.05) is 18.2 Å². The number of pyridine rings is 1. The van der Waals surface area contributed by atoms with E-state index in [1.165, 1.54) is 38.6 Å². The highest BCUT2D eigenvalue weighted by molar-refractivity contribution is 6.07. The molecule has 1 amide bonds. The molecule has 1 heterocycles. The van der Waals surface area contributed by atoms with Crippen LogP contribution in [0.5, 0.6) is 5.75 Å². The minimum Gasteiger partial charge on any atom is -0.496 e. The fourth-order valence-electron chi connectivity index (χ4n) is 3.12. The first-order valence-corrected chi connectivity index (χ1v) is 8.98. The zero-order valence-electron chi connectivity index (χ0n) is 16.3. The third-order valence-electron chi connectivity index (χ3n) is 4.58. The number of nitrogens with one attached hydrogen (secondary N) is 1. The molecule has 3 rings (SSSR count). The molecule has 1 aromatic heterocycles. The molecule has 0 aliphatic rings. The zero-order valence-corrected chi connectivity index (χ0v) is 16.3. The number of carbonyl (C=O) groups excluding carboxylic acids is 2. The number of fused-ring (bicyclic) bond motifs is 1. The highest BCUT2D eigenvalue weighted by Crippen LogP contribution is 2.25. The molecule has 0 saturated heterocycles. The van der Waals surface area contributed by atoms with Crippen molar-refractivity contribution in [1.82, 2.24) is 10.3 Å². The summed E-state index contributed by atoms with van der Waals surface area (Å²) in [6.07, 6.45) is 1.46. The fraction of sp³-hybridized carbons (Fsp3) is 0.190. The predicted molar refractivity (Wildman–Crippen MR) is 108 cm³/mol. The lowest BCUT2D eigenvalue weighted by molar-refractivity contribution is -0.384. The maximum atomic E-state index is 12.9. The van der Waals surface area contributed by atoms with Gasteiger partial charge in [0, 0.05) is 35.7 Å². The average molecular weight is 409 g/mol. The molecule has 0 unspecified atom stereocenters. The number of non-ortho nitro benzene ring substituents is 1. The molecule has 0 aliphatic heterocycles. The van der Waals surface area contributed by atoms with Crippen LogP contribution in [0.2, 0.25) is 0 Å². The molecule has 3 aromatic rings. The van der Waals surface area contributed by atoms with Crippen molar-refractivity contribution in [2.45, 2.75) is 12.5 Å². The second kappa shape index (κ2) is 8.99. The minimum atomic E-state index is -1.08. The van der Waals surface area contributed by atoms with Gasteiger partial charge >= 0.3 is 5.97 Å². The van der Waals surface area contributed by atoms with E-state index in [2.05, 4.69) is 10.3 Å². The quantitative estimate of drug-likeness (QED) is 0.362. The highest BCUT2D eigenvalue weighted by Gasteiger charge is 2.26. The largest absolute Gasteiger partial charge is 0.496 e. The summed E-state index contributed by atoms with van der Waals surface area (Å²) >= 11 is 0. The number of nitrogens with zero attached hydrogens (tertiary/aromatic N) is 2. The zero-order chi connectivity index (χ0) is 21.7. The van der Waals surface area contributed by atoms with Crippen molar-refractivity contribution in [2.24, 2.45) is 0 Å². The number of methoxy groups -OCH3 is 2. The van der Waals surface area contributed by atoms with Gasteiger partial charge in [-0.25, -0.2) is 4.79 Å². The highest BCUT2D eigenvalue weighted by atomic mass is 16.6. The number of amides is 1. The van der Waals surface area contributed by atoms with Gasteiger partial charge in [0.15, 0.2) is 0 Å². The van der Waals surface area contributed by atoms with E-state index >= 15 is 0 Å². The molecule has 154 valence electrons. The Labute approximate surface area is 171 Å². The van der Waals surface area contributed by atoms with Gasteiger partial charge in [0.25, 0.3) is 11.6 Å². The van der Waals surface area contributed by atoms with E-state index in [-0.39, 0.29) is 12.1 Å². The van der Waals surface area contributed by atoms with Crippen LogP contribution in [0.25, 0.3) is 10.9 Å². The number of hydrogen-bond donors (Lipinski definition) is 1. The topological polar surface area (TPSA) is 121 Å². The summed E-state index contributed by atoms with van der Waals surface area (Å²) in [6, 6.07) is 11.7. The maximum absolute atomic E-state index is 12.9. The van der Waals surface area contributed by atoms with Crippen LogP contribution in [0.4, 0.5) is 5.69 Å². The van der Waals surface area contributed by atoms with E-state index in [1.807, 2.05) is 6.07 Å². The normalized spacial score (nSPS) is 11.5. The lowest BCUT2D eigenvalue weighted by Crippen LogP contribution is -2.43. The number of nitro groups is 1. The number of carbonyl (C=O) groups is 2. The van der Waals surface area contributed by atoms with Gasteiger partial charge in [-0.15, -0.1) is 0 Å². The van der Waals surface area contributed by atoms with Gasteiger partial charge in [0.2, 0.25) is 0 Å². The number of hydrogen-bond acceptors (Lipinski definition) is 7. The summed E-state index contributed by atoms with van der Waals surface area (Å²) in [6.45, 7) is 0. The van der Waals surface area contributed by atoms with Crippen LogP contribution in [-0.4, -0.2) is 42.0 Å². The molecule has 1 N–H and O–H groups in total. The number of benzene rings is 2. The van der Waals surface area contributed by atoms with Crippen LogP contribution in [0, 0.1) is 10.1 Å². The Morgan fingerprint density at radius 1 is 1.17 bits per heavy atom. The SMILES string of the molecule is COC(=O)[C@@H](Cc1cc([N+](=O)[O-])ccc1OC)NC(=O)c1ccnc2ccccc12. The Morgan fingerprint density at radius 2 is 1.93 bits per heavy atom. The first kappa shape index (κ1) is 20.7. The first-order chi connectivity index (χ1) is 14.4. The molecule has 2 aromatic carbocycles. The standard InChI is InChI=1S/C21H19N3O6/c1-29-19-8-7-14(24(27)28)11-13(19)12-18(21(26)30-2)23-20(25)16-9-10-22-17-6-4-3-5-15(16)17/h3-11,18H,12H2,1-2H3,(H,23,25)/t18-/m1/s1. The summed E-state index contributed by atoms with van der Waals surface area (Å²) in [5.41, 5.74) is 1.23. The Bertz CT molecular complexity index is 1110. The van der Waals surface area contributed by atoms with E-state index in [4.69, 9.17) is 9.47 Å². The number of nitro benzene ring substituents is 1. The van der Waals surface area contributed by atoms with Crippen LogP contribution in [0.3, 0.4) is 0 Å². The van der Waals surface area contributed by atoms with E-state index in [0.29, 0.717) is 27.8 Å². The molecule has 0 bridgehead atoms. The van der Waals surface area contributed by atoms with Crippen molar-refractivity contribution in [3.05, 3.63) is 76.0 Å². The second-order valence-electron chi connectivity index (χ2n) is 6.38. The summed E-state index contributed by atoms with van der Waals surface area (Å²) in [7, 11) is 2.62. The summed E-state index contributed by atoms with van der Waals surface area (Å²) in [5.74, 6) is -0.818. The second-order valence-corrected chi connectivity index (χ2v) is 6.38. The summed E-state index contributed by atoms with van der Waals surface area (Å²) in [4.78, 5) is 40.1. The molecule has 9 heteroatoms. The average Bonchev–Trinajstić information content (AvgIpc) is 2.77. The number of aromatic nitrogens is 1. The van der Waals surface area contributed by atoms with Gasteiger partial charge in [0.05, 0.1) is 30.2 Å². The van der Waals surface area contributed by atoms with Crippen molar-refractivity contribution in [2.75, 3.05) is 14.2 Å². The van der Waals surface area contributed by atoms with Crippen LogP contribution in [-0.2, 0) is 16.0 Å². The third kappa shape index (κ3) is 4.35. The van der Waals surface area contributed by atoms with Gasteiger partial charge in [-0.3, -0.25) is 19.9 Å². The van der Waals surface area contributed by atoms with Gasteiger partial charge in [-0.2, -0.15) is 0 Å². The Morgan fingerprint density at radius 3 is 2.63 bits per heavy atom. The number of esters is 1. The van der Waals surface area contributed by atoms with E-state index in [9.17, 15) is 19.7 Å². The number of ether oxygens (including phenoxy) is 2. The van der Waals surface area contributed by atoms with Crippen molar-refractivity contribution in [3.63, 3.8) is 0 Å². The fourth-order valence-corrected chi connectivity index (χ4v) is 3.12. The van der Waals surface area contributed by atoms with E-state index in [1.54, 1.807) is 24.3 Å². The molecule has 0 saturated carbocycles. The number of rotatable bonds is 7. The van der Waals surface area contributed by atoms with E-state index < -0.39 is 22.8 Å².